The molecule has 9 nitrogen and oxygen atoms in total. The molecule has 0 unspecified atom stereocenters. The van der Waals surface area contributed by atoms with Crippen LogP contribution in [0.4, 0.5) is 5.95 Å². The number of imidazole rings is 1. The predicted octanol–water partition coefficient (Wildman–Crippen LogP) is 0.845. The first-order valence-corrected chi connectivity index (χ1v) is 7.39. The fraction of sp³-hybridized carbons (Fsp3) is 0.267. The van der Waals surface area contributed by atoms with Crippen LogP contribution in [0.5, 0.6) is 0 Å². The molecule has 3 aromatic heterocycles. The number of hydrogen-bond acceptors (Lipinski definition) is 6. The van der Waals surface area contributed by atoms with Crippen LogP contribution in [-0.2, 0) is 7.05 Å². The van der Waals surface area contributed by atoms with Gasteiger partial charge in [-0.3, -0.25) is 19.3 Å². The number of hydrogen-bond donors (Lipinski definition) is 2. The third kappa shape index (κ3) is 2.71. The van der Waals surface area contributed by atoms with Gasteiger partial charge in [0, 0.05) is 25.5 Å². The second-order valence-electron chi connectivity index (χ2n) is 5.54. The van der Waals surface area contributed by atoms with Crippen molar-refractivity contribution >= 4 is 23.3 Å². The number of aromatic amines is 1. The summed E-state index contributed by atoms with van der Waals surface area (Å²) < 4.78 is 3.00. The van der Waals surface area contributed by atoms with Crippen LogP contribution in [0.25, 0.3) is 11.2 Å². The minimum Gasteiger partial charge on any atom is -0.300 e. The van der Waals surface area contributed by atoms with Crippen LogP contribution in [0.15, 0.2) is 39.2 Å². The average molecular weight is 327 g/mol. The Hall–Kier alpha value is -3.23. The molecule has 9 heteroatoms. The predicted molar refractivity (Wildman–Crippen MR) is 91.4 cm³/mol. The fourth-order valence-electron chi connectivity index (χ4n) is 2.40. The van der Waals surface area contributed by atoms with Crippen LogP contribution in [0.3, 0.4) is 0 Å². The minimum atomic E-state index is -0.507. The zero-order valence-corrected chi connectivity index (χ0v) is 13.5. The maximum atomic E-state index is 12.2. The summed E-state index contributed by atoms with van der Waals surface area (Å²) in [5.74, 6) is 0.386. The number of nitrogens with zero attached hydrogens (tertiary/aromatic N) is 5. The van der Waals surface area contributed by atoms with E-state index < -0.39 is 11.2 Å². The normalized spacial score (nSPS) is 11.7. The molecule has 24 heavy (non-hydrogen) atoms. The van der Waals surface area contributed by atoms with Crippen molar-refractivity contribution in [3.05, 3.63) is 50.9 Å². The Morgan fingerprint density at radius 1 is 1.29 bits per heavy atom. The molecule has 0 atom stereocenters. The highest BCUT2D eigenvalue weighted by Gasteiger charge is 2.18. The highest BCUT2D eigenvalue weighted by atomic mass is 16.2. The van der Waals surface area contributed by atoms with E-state index in [2.05, 4.69) is 25.5 Å². The van der Waals surface area contributed by atoms with Crippen LogP contribution >= 0.6 is 0 Å². The summed E-state index contributed by atoms with van der Waals surface area (Å²) in [4.78, 5) is 34.5. The quantitative estimate of drug-likeness (QED) is 0.545. The molecule has 0 saturated heterocycles. The van der Waals surface area contributed by atoms with Crippen LogP contribution in [-0.4, -0.2) is 30.3 Å². The Bertz CT molecular complexity index is 1010. The van der Waals surface area contributed by atoms with Gasteiger partial charge in [0.05, 0.1) is 6.21 Å². The van der Waals surface area contributed by atoms with Gasteiger partial charge >= 0.3 is 5.69 Å². The highest BCUT2D eigenvalue weighted by molar-refractivity contribution is 5.80. The van der Waals surface area contributed by atoms with Gasteiger partial charge in [-0.05, 0) is 31.5 Å². The van der Waals surface area contributed by atoms with Crippen LogP contribution < -0.4 is 16.7 Å². The zero-order chi connectivity index (χ0) is 17.3. The molecule has 3 heterocycles. The van der Waals surface area contributed by atoms with E-state index in [0.717, 1.165) is 5.56 Å². The molecule has 0 fully saturated rings. The molecule has 0 aliphatic rings. The van der Waals surface area contributed by atoms with Crippen molar-refractivity contribution in [3.63, 3.8) is 0 Å². The second kappa shape index (κ2) is 6.11. The topological polar surface area (TPSA) is 110 Å². The van der Waals surface area contributed by atoms with Gasteiger partial charge in [-0.15, -0.1) is 0 Å². The van der Waals surface area contributed by atoms with Gasteiger partial charge in [0.15, 0.2) is 11.2 Å². The molecule has 0 aromatic carbocycles. The van der Waals surface area contributed by atoms with Gasteiger partial charge in [-0.1, -0.05) is 0 Å². The lowest BCUT2D eigenvalue weighted by atomic mass is 10.3. The maximum absolute atomic E-state index is 12.2. The Morgan fingerprint density at radius 3 is 2.67 bits per heavy atom. The van der Waals surface area contributed by atoms with E-state index in [4.69, 9.17) is 0 Å². The SMILES string of the molecule is CC(C)n1c(N/N=C\c2ccncc2)nc2c1c(=O)[nH]c(=O)n2C. The molecule has 0 bridgehead atoms. The van der Waals surface area contributed by atoms with E-state index in [0.29, 0.717) is 17.1 Å². The minimum absolute atomic E-state index is 0.0489. The van der Waals surface area contributed by atoms with Crippen molar-refractivity contribution in [2.45, 2.75) is 19.9 Å². The molecule has 0 aliphatic carbocycles. The summed E-state index contributed by atoms with van der Waals surface area (Å²) >= 11 is 0. The number of aryl methyl sites for hydroxylation is 1. The lowest BCUT2D eigenvalue weighted by Crippen LogP contribution is -2.29. The number of pyridine rings is 1. The number of H-pyrrole nitrogens is 1. The van der Waals surface area contributed by atoms with Gasteiger partial charge in [0.25, 0.3) is 5.56 Å². The molecule has 3 rings (SSSR count). The van der Waals surface area contributed by atoms with Crippen molar-refractivity contribution in [2.75, 3.05) is 5.43 Å². The molecular weight excluding hydrogens is 310 g/mol. The van der Waals surface area contributed by atoms with Gasteiger partial charge in [-0.25, -0.2) is 10.2 Å². The van der Waals surface area contributed by atoms with Crippen molar-refractivity contribution in [1.29, 1.82) is 0 Å². The number of fused-ring (bicyclic) bond motifs is 1. The summed E-state index contributed by atoms with van der Waals surface area (Å²) in [7, 11) is 1.56. The zero-order valence-electron chi connectivity index (χ0n) is 13.5. The van der Waals surface area contributed by atoms with Gasteiger partial charge < -0.3 is 4.57 Å². The van der Waals surface area contributed by atoms with Gasteiger partial charge in [-0.2, -0.15) is 10.1 Å². The van der Waals surface area contributed by atoms with E-state index in [-0.39, 0.29) is 6.04 Å². The fourth-order valence-corrected chi connectivity index (χ4v) is 2.40. The number of rotatable bonds is 4. The molecule has 0 radical (unpaired) electrons. The molecular formula is C15H17N7O2. The largest absolute Gasteiger partial charge is 0.329 e. The Balaban J connectivity index is 2.08. The summed E-state index contributed by atoms with van der Waals surface area (Å²) in [5, 5.41) is 4.15. The standard InChI is InChI=1S/C15H17N7O2/c1-9(2)22-11-12(21(3)15(24)19-13(11)23)18-14(22)20-17-8-10-4-6-16-7-5-10/h4-9H,1-3H3,(H,18,20)(H,19,23,24)/b17-8-. The molecule has 3 aromatic rings. The van der Waals surface area contributed by atoms with Crippen molar-refractivity contribution < 1.29 is 0 Å². The van der Waals surface area contributed by atoms with E-state index in [9.17, 15) is 9.59 Å². The Morgan fingerprint density at radius 2 is 2.00 bits per heavy atom. The first kappa shape index (κ1) is 15.7. The third-order valence-electron chi connectivity index (χ3n) is 3.55. The summed E-state index contributed by atoms with van der Waals surface area (Å²) in [6, 6.07) is 3.57. The maximum Gasteiger partial charge on any atom is 0.329 e. The lowest BCUT2D eigenvalue weighted by molar-refractivity contribution is 0.620. The number of hydrazone groups is 1. The van der Waals surface area contributed by atoms with E-state index in [1.54, 1.807) is 30.2 Å². The van der Waals surface area contributed by atoms with Gasteiger partial charge in [0.1, 0.15) is 0 Å². The van der Waals surface area contributed by atoms with Crippen LogP contribution in [0.2, 0.25) is 0 Å². The Kier molecular flexibility index (Phi) is 3.98. The van der Waals surface area contributed by atoms with Crippen LogP contribution in [0, 0.1) is 0 Å². The van der Waals surface area contributed by atoms with Crippen molar-refractivity contribution in [1.82, 2.24) is 24.1 Å². The molecule has 0 spiro atoms. The average Bonchev–Trinajstić information content (AvgIpc) is 2.94. The van der Waals surface area contributed by atoms with Crippen molar-refractivity contribution in [3.8, 4) is 0 Å². The molecule has 0 saturated carbocycles. The second-order valence-corrected chi connectivity index (χ2v) is 5.54. The third-order valence-corrected chi connectivity index (χ3v) is 3.55. The first-order valence-electron chi connectivity index (χ1n) is 7.39. The number of nitrogens with one attached hydrogen (secondary N) is 2. The lowest BCUT2D eigenvalue weighted by Gasteiger charge is -2.11. The van der Waals surface area contributed by atoms with E-state index in [1.165, 1.54) is 4.57 Å². The van der Waals surface area contributed by atoms with E-state index >= 15 is 0 Å². The highest BCUT2D eigenvalue weighted by Crippen LogP contribution is 2.20. The number of anilines is 1. The van der Waals surface area contributed by atoms with Gasteiger partial charge in [0.2, 0.25) is 5.95 Å². The monoisotopic (exact) mass is 327 g/mol. The smallest absolute Gasteiger partial charge is 0.300 e. The summed E-state index contributed by atoms with van der Waals surface area (Å²) in [6.07, 6.45) is 4.95. The van der Waals surface area contributed by atoms with Crippen molar-refractivity contribution in [2.24, 2.45) is 12.1 Å². The molecule has 0 amide bonds. The first-order chi connectivity index (χ1) is 11.5. The van der Waals surface area contributed by atoms with Crippen LogP contribution in [0.1, 0.15) is 25.5 Å². The van der Waals surface area contributed by atoms with E-state index in [1.807, 2.05) is 26.0 Å². The molecule has 0 aliphatic heterocycles. The summed E-state index contributed by atoms with van der Waals surface area (Å²) in [5.41, 5.74) is 3.36. The Labute approximate surface area is 136 Å². The molecule has 2 N–H and O–H groups in total. The number of aromatic nitrogens is 5. The molecule has 124 valence electrons. The summed E-state index contributed by atoms with van der Waals surface area (Å²) in [6.45, 7) is 3.84.